The molecule has 0 aliphatic carbocycles. The molecule has 0 saturated carbocycles. The molecule has 0 radical (unpaired) electrons. The van der Waals surface area contributed by atoms with Gasteiger partial charge in [0.05, 0.1) is 11.1 Å². The van der Waals surface area contributed by atoms with Crippen molar-refractivity contribution in [2.45, 2.75) is 25.3 Å². The Balaban J connectivity index is 2.11. The highest BCUT2D eigenvalue weighted by Gasteiger charge is 2.33. The first kappa shape index (κ1) is 8.85. The van der Waals surface area contributed by atoms with Gasteiger partial charge in [-0.05, 0) is 38.4 Å². The second-order valence-electron chi connectivity index (χ2n) is 4.32. The van der Waals surface area contributed by atoms with Crippen molar-refractivity contribution in [3.05, 3.63) is 24.2 Å². The first-order chi connectivity index (χ1) is 7.28. The fraction of sp³-hybridized carbons (Fsp3) is 0.455. The number of aromatic nitrogens is 3. The van der Waals surface area contributed by atoms with Crippen LogP contribution in [0.5, 0.6) is 0 Å². The summed E-state index contributed by atoms with van der Waals surface area (Å²) in [7, 11) is 0. The molecule has 4 heteroatoms. The van der Waals surface area contributed by atoms with Gasteiger partial charge in [0.1, 0.15) is 5.82 Å². The predicted molar refractivity (Wildman–Crippen MR) is 58.5 cm³/mol. The minimum atomic E-state index is 0.000694. The molecule has 0 aromatic carbocycles. The van der Waals surface area contributed by atoms with Crippen LogP contribution in [0.25, 0.3) is 11.2 Å². The molecule has 1 fully saturated rings. The van der Waals surface area contributed by atoms with Gasteiger partial charge >= 0.3 is 0 Å². The van der Waals surface area contributed by atoms with Crippen LogP contribution in [-0.4, -0.2) is 21.5 Å². The number of pyridine rings is 1. The summed E-state index contributed by atoms with van der Waals surface area (Å²) in [5.41, 5.74) is 1.82. The number of nitrogens with one attached hydrogen (secondary N) is 2. The number of hydrogen-bond acceptors (Lipinski definition) is 3. The van der Waals surface area contributed by atoms with Gasteiger partial charge in [-0.15, -0.1) is 0 Å². The van der Waals surface area contributed by atoms with Gasteiger partial charge in [-0.25, -0.2) is 9.97 Å². The number of hydrogen-bond donors (Lipinski definition) is 2. The first-order valence-corrected chi connectivity index (χ1v) is 5.34. The Morgan fingerprint density at radius 1 is 1.47 bits per heavy atom. The molecule has 1 unspecified atom stereocenters. The van der Waals surface area contributed by atoms with Gasteiger partial charge in [0, 0.05) is 6.20 Å². The fourth-order valence-electron chi connectivity index (χ4n) is 2.20. The Labute approximate surface area is 88.1 Å². The summed E-state index contributed by atoms with van der Waals surface area (Å²) in [4.78, 5) is 12.1. The quantitative estimate of drug-likeness (QED) is 0.737. The third kappa shape index (κ3) is 1.33. The smallest absolute Gasteiger partial charge is 0.177 e. The Morgan fingerprint density at radius 2 is 2.40 bits per heavy atom. The van der Waals surface area contributed by atoms with E-state index in [1.165, 1.54) is 6.42 Å². The van der Waals surface area contributed by atoms with Crippen molar-refractivity contribution < 1.29 is 0 Å². The highest BCUT2D eigenvalue weighted by molar-refractivity contribution is 5.70. The first-order valence-electron chi connectivity index (χ1n) is 5.34. The molecule has 1 atom stereocenters. The molecule has 15 heavy (non-hydrogen) atoms. The molecule has 2 aromatic rings. The lowest BCUT2D eigenvalue weighted by Crippen LogP contribution is -2.34. The van der Waals surface area contributed by atoms with Crippen molar-refractivity contribution in [2.75, 3.05) is 6.54 Å². The molecule has 3 rings (SSSR count). The van der Waals surface area contributed by atoms with E-state index < -0.39 is 0 Å². The maximum Gasteiger partial charge on any atom is 0.177 e. The van der Waals surface area contributed by atoms with Crippen molar-refractivity contribution in [2.24, 2.45) is 0 Å². The van der Waals surface area contributed by atoms with Gasteiger partial charge in [-0.2, -0.15) is 0 Å². The van der Waals surface area contributed by atoms with Crippen LogP contribution in [0.4, 0.5) is 0 Å². The van der Waals surface area contributed by atoms with Crippen LogP contribution < -0.4 is 5.32 Å². The maximum atomic E-state index is 4.54. The lowest BCUT2D eigenvalue weighted by Gasteiger charge is -2.20. The summed E-state index contributed by atoms with van der Waals surface area (Å²) in [6, 6.07) is 3.94. The van der Waals surface area contributed by atoms with Gasteiger partial charge in [-0.3, -0.25) is 0 Å². The number of imidazole rings is 1. The fourth-order valence-corrected chi connectivity index (χ4v) is 2.20. The van der Waals surface area contributed by atoms with Crippen LogP contribution in [0.15, 0.2) is 18.3 Å². The maximum absolute atomic E-state index is 4.54. The van der Waals surface area contributed by atoms with Crippen molar-refractivity contribution in [1.82, 2.24) is 20.3 Å². The average Bonchev–Trinajstić information content (AvgIpc) is 2.84. The summed E-state index contributed by atoms with van der Waals surface area (Å²) < 4.78 is 0. The van der Waals surface area contributed by atoms with Crippen molar-refractivity contribution in [3.8, 4) is 0 Å². The Hall–Kier alpha value is -1.42. The standard InChI is InChI=1S/C11H14N4/c1-11(5-3-7-13-11)10-14-8-4-2-6-12-9(8)15-10/h2,4,6,13H,3,5,7H2,1H3,(H,12,14,15). The summed E-state index contributed by atoms with van der Waals surface area (Å²) >= 11 is 0. The van der Waals surface area contributed by atoms with E-state index in [1.54, 1.807) is 6.20 Å². The van der Waals surface area contributed by atoms with Crippen LogP contribution in [0.1, 0.15) is 25.6 Å². The highest BCUT2D eigenvalue weighted by Crippen LogP contribution is 2.28. The van der Waals surface area contributed by atoms with Gasteiger partial charge in [-0.1, -0.05) is 0 Å². The Morgan fingerprint density at radius 3 is 3.13 bits per heavy atom. The average molecular weight is 202 g/mol. The van der Waals surface area contributed by atoms with Crippen molar-refractivity contribution >= 4 is 11.2 Å². The van der Waals surface area contributed by atoms with Gasteiger partial charge in [0.2, 0.25) is 0 Å². The van der Waals surface area contributed by atoms with E-state index in [0.717, 1.165) is 30.0 Å². The van der Waals surface area contributed by atoms with E-state index in [0.29, 0.717) is 0 Å². The van der Waals surface area contributed by atoms with Gasteiger partial charge in [0.15, 0.2) is 5.65 Å². The monoisotopic (exact) mass is 202 g/mol. The third-order valence-electron chi connectivity index (χ3n) is 3.15. The Kier molecular flexibility index (Phi) is 1.79. The van der Waals surface area contributed by atoms with Gasteiger partial charge in [0.25, 0.3) is 0 Å². The second kappa shape index (κ2) is 3.03. The molecule has 2 aromatic heterocycles. The highest BCUT2D eigenvalue weighted by atomic mass is 15.1. The summed E-state index contributed by atoms with van der Waals surface area (Å²) in [5, 5.41) is 3.49. The summed E-state index contributed by atoms with van der Waals surface area (Å²) in [6.45, 7) is 3.26. The molecular formula is C11H14N4. The molecule has 3 heterocycles. The van der Waals surface area contributed by atoms with Crippen molar-refractivity contribution in [1.29, 1.82) is 0 Å². The topological polar surface area (TPSA) is 53.6 Å². The largest absolute Gasteiger partial charge is 0.339 e. The predicted octanol–water partition coefficient (Wildman–Crippen LogP) is 1.56. The molecular weight excluding hydrogens is 188 g/mol. The number of nitrogens with zero attached hydrogens (tertiary/aromatic N) is 2. The zero-order valence-corrected chi connectivity index (χ0v) is 8.75. The van der Waals surface area contributed by atoms with Crippen LogP contribution in [0.2, 0.25) is 0 Å². The molecule has 4 nitrogen and oxygen atoms in total. The molecule has 0 amide bonds. The third-order valence-corrected chi connectivity index (χ3v) is 3.15. The normalized spacial score (nSPS) is 26.2. The molecule has 1 aliphatic rings. The van der Waals surface area contributed by atoms with E-state index >= 15 is 0 Å². The van der Waals surface area contributed by atoms with E-state index in [1.807, 2.05) is 12.1 Å². The number of rotatable bonds is 1. The van der Waals surface area contributed by atoms with E-state index in [-0.39, 0.29) is 5.54 Å². The van der Waals surface area contributed by atoms with E-state index in [9.17, 15) is 0 Å². The number of H-pyrrole nitrogens is 1. The van der Waals surface area contributed by atoms with Crippen LogP contribution >= 0.6 is 0 Å². The molecule has 2 N–H and O–H groups in total. The van der Waals surface area contributed by atoms with Crippen LogP contribution in [0, 0.1) is 0 Å². The second-order valence-corrected chi connectivity index (χ2v) is 4.32. The minimum absolute atomic E-state index is 0.000694. The zero-order chi connectivity index (χ0) is 10.3. The van der Waals surface area contributed by atoms with Crippen molar-refractivity contribution in [3.63, 3.8) is 0 Å². The molecule has 0 bridgehead atoms. The SMILES string of the molecule is CC1(c2nc3ncccc3[nH]2)CCCN1. The van der Waals surface area contributed by atoms with Gasteiger partial charge < -0.3 is 10.3 Å². The summed E-state index contributed by atoms with van der Waals surface area (Å²) in [5.74, 6) is 1.01. The Bertz CT molecular complexity index is 449. The van der Waals surface area contributed by atoms with E-state index in [2.05, 4.69) is 27.2 Å². The molecule has 0 spiro atoms. The minimum Gasteiger partial charge on any atom is -0.339 e. The molecule has 78 valence electrons. The molecule has 1 saturated heterocycles. The number of fused-ring (bicyclic) bond motifs is 1. The lowest BCUT2D eigenvalue weighted by atomic mass is 10.00. The van der Waals surface area contributed by atoms with Crippen LogP contribution in [0.3, 0.4) is 0 Å². The molecule has 1 aliphatic heterocycles. The lowest BCUT2D eigenvalue weighted by molar-refractivity contribution is 0.412. The summed E-state index contributed by atoms with van der Waals surface area (Å²) in [6.07, 6.45) is 4.12. The zero-order valence-electron chi connectivity index (χ0n) is 8.75. The van der Waals surface area contributed by atoms with Crippen LogP contribution in [-0.2, 0) is 5.54 Å². The van der Waals surface area contributed by atoms with E-state index in [4.69, 9.17) is 0 Å². The number of aromatic amines is 1.